The van der Waals surface area contributed by atoms with Crippen LogP contribution in [0.1, 0.15) is 31.0 Å². The van der Waals surface area contributed by atoms with Crippen LogP contribution in [0.2, 0.25) is 0 Å². The van der Waals surface area contributed by atoms with Crippen molar-refractivity contribution in [3.05, 3.63) is 64.9 Å². The molecule has 1 aliphatic rings. The third kappa shape index (κ3) is 7.04. The Morgan fingerprint density at radius 3 is 2.68 bits per heavy atom. The van der Waals surface area contributed by atoms with Gasteiger partial charge in [-0.3, -0.25) is 4.79 Å². The highest BCUT2D eigenvalue weighted by Crippen LogP contribution is 2.34. The van der Waals surface area contributed by atoms with E-state index >= 15 is 0 Å². The predicted molar refractivity (Wildman–Crippen MR) is 139 cm³/mol. The summed E-state index contributed by atoms with van der Waals surface area (Å²) in [6.07, 6.45) is 6.66. The number of hydrogen-bond donors (Lipinski definition) is 3. The SMILES string of the molecule is C#CCOc1ccccc1/C=N/NC(=O)COc1ccc([C@@H]2NC(=O)NC(C)=C2C(=O)OCC)cc1OC. The Bertz CT molecular complexity index is 1300. The van der Waals surface area contributed by atoms with Gasteiger partial charge in [-0.25, -0.2) is 15.0 Å². The lowest BCUT2D eigenvalue weighted by Crippen LogP contribution is -2.45. The largest absolute Gasteiger partial charge is 0.493 e. The van der Waals surface area contributed by atoms with E-state index < -0.39 is 23.9 Å². The number of esters is 1. The van der Waals surface area contributed by atoms with Gasteiger partial charge in [0, 0.05) is 11.3 Å². The summed E-state index contributed by atoms with van der Waals surface area (Å²) in [6.45, 7) is 3.26. The maximum absolute atomic E-state index is 12.5. The van der Waals surface area contributed by atoms with Gasteiger partial charge in [0.2, 0.25) is 0 Å². The van der Waals surface area contributed by atoms with E-state index in [1.165, 1.54) is 13.3 Å². The molecule has 0 radical (unpaired) electrons. The quantitative estimate of drug-likeness (QED) is 0.179. The Balaban J connectivity index is 1.67. The number of nitrogens with zero attached hydrogens (tertiary/aromatic N) is 1. The van der Waals surface area contributed by atoms with Gasteiger partial charge in [0.05, 0.1) is 31.5 Å². The standard InChI is InChI=1S/C27H28N4O7/c1-5-13-37-20-10-8-7-9-19(20)15-28-31-23(32)16-38-21-12-11-18(14-22(21)35-4)25-24(26(33)36-6-2)17(3)29-27(34)30-25/h1,7-12,14-15,25H,6,13,16H2,2-4H3,(H,31,32)(H2,29,30,34)/b28-15+/t25-/m0/s1. The highest BCUT2D eigenvalue weighted by molar-refractivity contribution is 5.95. The number of urea groups is 1. The smallest absolute Gasteiger partial charge is 0.338 e. The van der Waals surface area contributed by atoms with Crippen molar-refractivity contribution in [3.8, 4) is 29.6 Å². The topological polar surface area (TPSA) is 137 Å². The molecule has 11 heteroatoms. The van der Waals surface area contributed by atoms with Crippen LogP contribution < -0.4 is 30.3 Å². The molecular formula is C27H28N4O7. The van der Waals surface area contributed by atoms with Crippen molar-refractivity contribution in [2.75, 3.05) is 26.9 Å². The average molecular weight is 521 g/mol. The summed E-state index contributed by atoms with van der Waals surface area (Å²) in [6, 6.07) is 10.7. The molecule has 1 aliphatic heterocycles. The van der Waals surface area contributed by atoms with Crippen LogP contribution in [-0.4, -0.2) is 51.1 Å². The monoisotopic (exact) mass is 520 g/mol. The molecule has 1 heterocycles. The van der Waals surface area contributed by atoms with Crippen LogP contribution >= 0.6 is 0 Å². The Morgan fingerprint density at radius 1 is 1.16 bits per heavy atom. The first-order valence-corrected chi connectivity index (χ1v) is 11.6. The van der Waals surface area contributed by atoms with Gasteiger partial charge in [-0.1, -0.05) is 24.1 Å². The fourth-order valence-electron chi connectivity index (χ4n) is 3.59. The summed E-state index contributed by atoms with van der Waals surface area (Å²) in [5.74, 6) is 2.44. The fourth-order valence-corrected chi connectivity index (χ4v) is 3.59. The minimum Gasteiger partial charge on any atom is -0.493 e. The lowest BCUT2D eigenvalue weighted by molar-refractivity contribution is -0.139. The van der Waals surface area contributed by atoms with Crippen LogP contribution in [0.25, 0.3) is 0 Å². The van der Waals surface area contributed by atoms with E-state index in [2.05, 4.69) is 27.1 Å². The number of benzene rings is 2. The molecule has 198 valence electrons. The van der Waals surface area contributed by atoms with Gasteiger partial charge in [-0.15, -0.1) is 6.42 Å². The van der Waals surface area contributed by atoms with Crippen molar-refractivity contribution in [2.24, 2.45) is 5.10 Å². The third-order valence-electron chi connectivity index (χ3n) is 5.27. The maximum atomic E-state index is 12.5. The predicted octanol–water partition coefficient (Wildman–Crippen LogP) is 2.43. The van der Waals surface area contributed by atoms with E-state index in [9.17, 15) is 14.4 Å². The van der Waals surface area contributed by atoms with Crippen molar-refractivity contribution in [2.45, 2.75) is 19.9 Å². The van der Waals surface area contributed by atoms with Crippen LogP contribution in [0.3, 0.4) is 0 Å². The number of rotatable bonds is 11. The lowest BCUT2D eigenvalue weighted by Gasteiger charge is -2.28. The first-order valence-electron chi connectivity index (χ1n) is 11.6. The molecule has 1 atom stereocenters. The number of carbonyl (C=O) groups is 3. The van der Waals surface area contributed by atoms with Gasteiger partial charge >= 0.3 is 12.0 Å². The molecule has 0 saturated carbocycles. The number of nitrogens with one attached hydrogen (secondary N) is 3. The second-order valence-corrected chi connectivity index (χ2v) is 7.81. The molecule has 38 heavy (non-hydrogen) atoms. The number of methoxy groups -OCH3 is 1. The van der Waals surface area contributed by atoms with Crippen molar-refractivity contribution in [1.29, 1.82) is 0 Å². The number of carbonyl (C=O) groups excluding carboxylic acids is 3. The van der Waals surface area contributed by atoms with Gasteiger partial charge in [0.1, 0.15) is 12.4 Å². The Hall–Kier alpha value is -4.98. The van der Waals surface area contributed by atoms with Gasteiger partial charge in [-0.2, -0.15) is 5.10 Å². The van der Waals surface area contributed by atoms with Crippen LogP contribution in [0.15, 0.2) is 58.8 Å². The number of allylic oxidation sites excluding steroid dienone is 1. The highest BCUT2D eigenvalue weighted by atomic mass is 16.5. The van der Waals surface area contributed by atoms with E-state index in [1.54, 1.807) is 56.3 Å². The number of terminal acetylenes is 1. The molecule has 0 saturated heterocycles. The molecular weight excluding hydrogens is 492 g/mol. The molecule has 0 aliphatic carbocycles. The van der Waals surface area contributed by atoms with E-state index in [1.807, 2.05) is 0 Å². The van der Waals surface area contributed by atoms with Crippen LogP contribution in [0.5, 0.6) is 17.2 Å². The van der Waals surface area contributed by atoms with Crippen LogP contribution in [-0.2, 0) is 14.3 Å². The first-order chi connectivity index (χ1) is 18.4. The van der Waals surface area contributed by atoms with E-state index in [0.29, 0.717) is 28.3 Å². The summed E-state index contributed by atoms with van der Waals surface area (Å²) < 4.78 is 21.6. The van der Waals surface area contributed by atoms with Gasteiger partial charge in [0.25, 0.3) is 5.91 Å². The summed E-state index contributed by atoms with van der Waals surface area (Å²) in [4.78, 5) is 36.9. The highest BCUT2D eigenvalue weighted by Gasteiger charge is 2.32. The number of hydrazone groups is 1. The molecule has 0 fully saturated rings. The van der Waals surface area contributed by atoms with Gasteiger partial charge in [0.15, 0.2) is 18.1 Å². The van der Waals surface area contributed by atoms with E-state index in [0.717, 1.165) is 0 Å². The maximum Gasteiger partial charge on any atom is 0.338 e. The molecule has 0 aromatic heterocycles. The second kappa shape index (κ2) is 13.4. The van der Waals surface area contributed by atoms with Crippen molar-refractivity contribution >= 4 is 24.1 Å². The second-order valence-electron chi connectivity index (χ2n) is 7.81. The van der Waals surface area contributed by atoms with Gasteiger partial charge in [-0.05, 0) is 43.7 Å². The van der Waals surface area contributed by atoms with Gasteiger partial charge < -0.3 is 29.6 Å². The zero-order valence-electron chi connectivity index (χ0n) is 21.2. The molecule has 11 nitrogen and oxygen atoms in total. The van der Waals surface area contributed by atoms with Crippen LogP contribution in [0.4, 0.5) is 4.79 Å². The van der Waals surface area contributed by atoms with Crippen molar-refractivity contribution in [1.82, 2.24) is 16.1 Å². The molecule has 2 aromatic rings. The first kappa shape index (κ1) is 27.6. The summed E-state index contributed by atoms with van der Waals surface area (Å²) in [5, 5.41) is 9.24. The molecule has 0 unspecified atom stereocenters. The molecule has 3 amide bonds. The fraction of sp³-hybridized carbons (Fsp3) is 0.259. The van der Waals surface area contributed by atoms with E-state index in [4.69, 9.17) is 25.4 Å². The number of amides is 3. The van der Waals surface area contributed by atoms with Crippen molar-refractivity contribution < 1.29 is 33.3 Å². The molecule has 2 aromatic carbocycles. The Labute approximate surface area is 220 Å². The van der Waals surface area contributed by atoms with Crippen LogP contribution in [0, 0.1) is 12.3 Å². The molecule has 0 spiro atoms. The zero-order chi connectivity index (χ0) is 27.5. The molecule has 3 N–H and O–H groups in total. The summed E-state index contributed by atoms with van der Waals surface area (Å²) >= 11 is 0. The lowest BCUT2D eigenvalue weighted by atomic mass is 9.95. The third-order valence-corrected chi connectivity index (χ3v) is 5.27. The number of hydrogen-bond acceptors (Lipinski definition) is 8. The summed E-state index contributed by atoms with van der Waals surface area (Å²) in [5.41, 5.74) is 4.24. The zero-order valence-corrected chi connectivity index (χ0v) is 21.2. The van der Waals surface area contributed by atoms with Crippen molar-refractivity contribution in [3.63, 3.8) is 0 Å². The minimum absolute atomic E-state index is 0.107. The summed E-state index contributed by atoms with van der Waals surface area (Å²) in [7, 11) is 1.43. The van der Waals surface area contributed by atoms with E-state index in [-0.39, 0.29) is 31.1 Å². The average Bonchev–Trinajstić information content (AvgIpc) is 2.90. The molecule has 3 rings (SSSR count). The molecule has 0 bridgehead atoms. The Morgan fingerprint density at radius 2 is 1.95 bits per heavy atom. The normalized spacial score (nSPS) is 14.7. The Kier molecular flexibility index (Phi) is 9.71. The number of ether oxygens (including phenoxy) is 4. The number of para-hydroxylation sites is 1. The minimum atomic E-state index is -0.768.